The van der Waals surface area contributed by atoms with E-state index in [1.165, 1.54) is 24.0 Å². The molecule has 0 aromatic heterocycles. The fraction of sp³-hybridized carbons (Fsp3) is 0.750. The van der Waals surface area contributed by atoms with Crippen molar-refractivity contribution in [1.82, 2.24) is 0 Å². The van der Waals surface area contributed by atoms with Crippen LogP contribution in [-0.4, -0.2) is 11.7 Å². The molecule has 1 atom stereocenters. The molecule has 0 aromatic rings. The van der Waals surface area contributed by atoms with Gasteiger partial charge in [0, 0.05) is 0 Å². The number of hydrogen-bond donors (Lipinski definition) is 1. The van der Waals surface area contributed by atoms with Crippen LogP contribution in [0.2, 0.25) is 0 Å². The molecule has 9 heavy (non-hydrogen) atoms. The van der Waals surface area contributed by atoms with Crippen LogP contribution in [0.1, 0.15) is 26.7 Å². The van der Waals surface area contributed by atoms with E-state index in [2.05, 4.69) is 13.8 Å². The Labute approximate surface area is 56.4 Å². The van der Waals surface area contributed by atoms with E-state index in [0.717, 1.165) is 0 Å². The first-order valence-electron chi connectivity index (χ1n) is 3.55. The second-order valence-electron chi connectivity index (χ2n) is 2.90. The quantitative estimate of drug-likeness (QED) is 0.530. The first-order chi connectivity index (χ1) is 4.25. The van der Waals surface area contributed by atoms with Gasteiger partial charge in [-0.05, 0) is 31.3 Å². The summed E-state index contributed by atoms with van der Waals surface area (Å²) < 4.78 is 0. The van der Waals surface area contributed by atoms with E-state index in [0.29, 0.717) is 5.92 Å². The third-order valence-electron chi connectivity index (χ3n) is 2.27. The molecule has 0 spiro atoms. The van der Waals surface area contributed by atoms with E-state index in [1.54, 1.807) is 0 Å². The molecule has 1 nitrogen and oxygen atoms in total. The van der Waals surface area contributed by atoms with Gasteiger partial charge in [-0.25, -0.2) is 0 Å². The lowest BCUT2D eigenvalue weighted by Crippen LogP contribution is -1.97. The molecule has 0 fully saturated rings. The molecule has 0 amide bonds. The summed E-state index contributed by atoms with van der Waals surface area (Å²) >= 11 is 0. The van der Waals surface area contributed by atoms with Crippen LogP contribution in [0.3, 0.4) is 0 Å². The van der Waals surface area contributed by atoms with Gasteiger partial charge in [-0.15, -0.1) is 0 Å². The maximum atomic E-state index is 8.85. The van der Waals surface area contributed by atoms with Gasteiger partial charge in [0.15, 0.2) is 0 Å². The van der Waals surface area contributed by atoms with Crippen LogP contribution in [0.15, 0.2) is 11.1 Å². The van der Waals surface area contributed by atoms with Crippen molar-refractivity contribution in [1.29, 1.82) is 0 Å². The number of rotatable bonds is 1. The predicted octanol–water partition coefficient (Wildman–Crippen LogP) is 1.73. The highest BCUT2D eigenvalue weighted by molar-refractivity contribution is 5.20. The molecule has 1 N–H and O–H groups in total. The molecule has 1 heteroatoms. The molecule has 1 aliphatic rings. The van der Waals surface area contributed by atoms with Gasteiger partial charge in [-0.3, -0.25) is 0 Å². The van der Waals surface area contributed by atoms with Crippen molar-refractivity contribution in [3.8, 4) is 0 Å². The van der Waals surface area contributed by atoms with E-state index in [9.17, 15) is 0 Å². The summed E-state index contributed by atoms with van der Waals surface area (Å²) in [5.41, 5.74) is 2.68. The molecule has 0 heterocycles. The molecule has 1 rings (SSSR count). The molecule has 0 radical (unpaired) electrons. The largest absolute Gasteiger partial charge is 0.392 e. The van der Waals surface area contributed by atoms with Gasteiger partial charge in [-0.1, -0.05) is 12.5 Å². The minimum absolute atomic E-state index is 0.271. The highest BCUT2D eigenvalue weighted by Gasteiger charge is 2.17. The maximum Gasteiger partial charge on any atom is 0.0646 e. The third-order valence-corrected chi connectivity index (χ3v) is 2.27. The Balaban J connectivity index is 2.69. The Kier molecular flexibility index (Phi) is 1.91. The number of allylic oxidation sites excluding steroid dienone is 1. The van der Waals surface area contributed by atoms with Crippen molar-refractivity contribution in [3.63, 3.8) is 0 Å². The maximum absolute atomic E-state index is 8.85. The van der Waals surface area contributed by atoms with Gasteiger partial charge in [0.25, 0.3) is 0 Å². The van der Waals surface area contributed by atoms with Gasteiger partial charge < -0.3 is 5.11 Å². The fourth-order valence-corrected chi connectivity index (χ4v) is 1.48. The molecule has 1 unspecified atom stereocenters. The second kappa shape index (κ2) is 2.53. The third kappa shape index (κ3) is 1.16. The van der Waals surface area contributed by atoms with E-state index in [4.69, 9.17) is 5.11 Å². The zero-order chi connectivity index (χ0) is 6.85. The topological polar surface area (TPSA) is 20.2 Å². The van der Waals surface area contributed by atoms with Crippen LogP contribution in [0, 0.1) is 5.92 Å². The Morgan fingerprint density at radius 2 is 2.33 bits per heavy atom. The first kappa shape index (κ1) is 6.81. The Morgan fingerprint density at radius 3 is 2.56 bits per heavy atom. The van der Waals surface area contributed by atoms with Crippen LogP contribution in [-0.2, 0) is 0 Å². The van der Waals surface area contributed by atoms with E-state index in [1.807, 2.05) is 0 Å². The van der Waals surface area contributed by atoms with Crippen molar-refractivity contribution in [3.05, 3.63) is 11.1 Å². The summed E-state index contributed by atoms with van der Waals surface area (Å²) in [6.45, 7) is 4.57. The highest BCUT2D eigenvalue weighted by Crippen LogP contribution is 2.30. The summed E-state index contributed by atoms with van der Waals surface area (Å²) in [6.07, 6.45) is 2.43. The lowest BCUT2D eigenvalue weighted by molar-refractivity contribution is 0.318. The number of aliphatic hydroxyl groups is 1. The SMILES string of the molecule is CC1=C(CO)C(C)CC1. The first-order valence-corrected chi connectivity index (χ1v) is 3.55. The fourth-order valence-electron chi connectivity index (χ4n) is 1.48. The minimum atomic E-state index is 0.271. The van der Waals surface area contributed by atoms with E-state index >= 15 is 0 Å². The normalized spacial score (nSPS) is 27.7. The van der Waals surface area contributed by atoms with Gasteiger partial charge in [0.05, 0.1) is 6.61 Å². The smallest absolute Gasteiger partial charge is 0.0646 e. The molecule has 1 aliphatic carbocycles. The van der Waals surface area contributed by atoms with Crippen molar-refractivity contribution >= 4 is 0 Å². The summed E-state index contributed by atoms with van der Waals surface area (Å²) in [6, 6.07) is 0. The second-order valence-corrected chi connectivity index (χ2v) is 2.90. The minimum Gasteiger partial charge on any atom is -0.392 e. The summed E-state index contributed by atoms with van der Waals surface area (Å²) in [4.78, 5) is 0. The Bertz CT molecular complexity index is 136. The van der Waals surface area contributed by atoms with Crippen LogP contribution in [0.5, 0.6) is 0 Å². The Hall–Kier alpha value is -0.300. The zero-order valence-corrected chi connectivity index (χ0v) is 6.15. The molecule has 0 saturated heterocycles. The van der Waals surface area contributed by atoms with Crippen LogP contribution in [0.25, 0.3) is 0 Å². The van der Waals surface area contributed by atoms with Gasteiger partial charge >= 0.3 is 0 Å². The van der Waals surface area contributed by atoms with Gasteiger partial charge in [0.1, 0.15) is 0 Å². The molecule has 0 aliphatic heterocycles. The van der Waals surface area contributed by atoms with Crippen molar-refractivity contribution in [2.75, 3.05) is 6.61 Å². The molecule has 0 bridgehead atoms. The summed E-state index contributed by atoms with van der Waals surface area (Å²) in [5.74, 6) is 0.634. The number of aliphatic hydroxyl groups excluding tert-OH is 1. The molecular formula is C8H14O. The molecule has 52 valence electrons. The standard InChI is InChI=1S/C8H14O/c1-6-3-4-7(2)8(6)5-9/h6,9H,3-5H2,1-2H3. The molecule has 0 aromatic carbocycles. The lowest BCUT2D eigenvalue weighted by atomic mass is 10.0. The highest BCUT2D eigenvalue weighted by atomic mass is 16.3. The van der Waals surface area contributed by atoms with Crippen molar-refractivity contribution < 1.29 is 5.11 Å². The summed E-state index contributed by atoms with van der Waals surface area (Å²) in [7, 11) is 0. The van der Waals surface area contributed by atoms with E-state index < -0.39 is 0 Å². The average Bonchev–Trinajstić information content (AvgIpc) is 2.12. The lowest BCUT2D eigenvalue weighted by Gasteiger charge is -2.04. The number of hydrogen-bond acceptors (Lipinski definition) is 1. The zero-order valence-electron chi connectivity index (χ0n) is 6.15. The van der Waals surface area contributed by atoms with Gasteiger partial charge in [-0.2, -0.15) is 0 Å². The molecular weight excluding hydrogens is 112 g/mol. The summed E-state index contributed by atoms with van der Waals surface area (Å²) in [5, 5.41) is 8.85. The van der Waals surface area contributed by atoms with Crippen LogP contribution in [0.4, 0.5) is 0 Å². The van der Waals surface area contributed by atoms with Gasteiger partial charge in [0.2, 0.25) is 0 Å². The van der Waals surface area contributed by atoms with Crippen LogP contribution >= 0.6 is 0 Å². The monoisotopic (exact) mass is 126 g/mol. The van der Waals surface area contributed by atoms with E-state index in [-0.39, 0.29) is 6.61 Å². The van der Waals surface area contributed by atoms with Crippen LogP contribution < -0.4 is 0 Å². The predicted molar refractivity (Wildman–Crippen MR) is 38.2 cm³/mol. The van der Waals surface area contributed by atoms with Crippen molar-refractivity contribution in [2.45, 2.75) is 26.7 Å². The van der Waals surface area contributed by atoms with Crippen molar-refractivity contribution in [2.24, 2.45) is 5.92 Å². The average molecular weight is 126 g/mol. The molecule has 0 saturated carbocycles. The Morgan fingerprint density at radius 1 is 1.67 bits per heavy atom.